The van der Waals surface area contributed by atoms with Crippen LogP contribution in [0.5, 0.6) is 0 Å². The molecule has 30 heavy (non-hydrogen) atoms. The average Bonchev–Trinajstić information content (AvgIpc) is 3.16. The van der Waals surface area contributed by atoms with Gasteiger partial charge >= 0.3 is 0 Å². The maximum atomic E-state index is 12.7. The zero-order valence-electron chi connectivity index (χ0n) is 16.6. The molecule has 1 saturated carbocycles. The second-order valence-electron chi connectivity index (χ2n) is 8.18. The van der Waals surface area contributed by atoms with E-state index in [1.54, 1.807) is 13.2 Å². The summed E-state index contributed by atoms with van der Waals surface area (Å²) in [5.74, 6) is 3.54. The number of hydrogen-bond acceptors (Lipinski definition) is 8. The van der Waals surface area contributed by atoms with Gasteiger partial charge in [-0.05, 0) is 36.5 Å². The van der Waals surface area contributed by atoms with E-state index in [4.69, 9.17) is 4.52 Å². The lowest BCUT2D eigenvalue weighted by atomic mass is 10.2. The Hall–Kier alpha value is -3.56. The molecule has 10 heteroatoms. The van der Waals surface area contributed by atoms with Gasteiger partial charge in [0.1, 0.15) is 17.9 Å². The zero-order valence-corrected chi connectivity index (χ0v) is 16.6. The van der Waals surface area contributed by atoms with Gasteiger partial charge in [0, 0.05) is 32.3 Å². The molecule has 0 radical (unpaired) electrons. The Morgan fingerprint density at radius 3 is 2.87 bits per heavy atom. The van der Waals surface area contributed by atoms with E-state index in [0.29, 0.717) is 34.7 Å². The van der Waals surface area contributed by atoms with Crippen LogP contribution in [0.2, 0.25) is 0 Å². The van der Waals surface area contributed by atoms with Crippen molar-refractivity contribution in [2.24, 2.45) is 18.9 Å². The average molecular weight is 404 g/mol. The smallest absolute Gasteiger partial charge is 0.279 e. The summed E-state index contributed by atoms with van der Waals surface area (Å²) < 4.78 is 8.44. The van der Waals surface area contributed by atoms with Gasteiger partial charge in [-0.3, -0.25) is 14.0 Å². The molecule has 0 aromatic carbocycles. The van der Waals surface area contributed by atoms with E-state index in [2.05, 4.69) is 43.1 Å². The number of piperidine rings is 1. The highest BCUT2D eigenvalue weighted by atomic mass is 16.5. The predicted molar refractivity (Wildman–Crippen MR) is 107 cm³/mol. The lowest BCUT2D eigenvalue weighted by Crippen LogP contribution is -2.24. The first kappa shape index (κ1) is 17.3. The fraction of sp³-hybridized carbons (Fsp3) is 0.400. The number of anilines is 1. The molecule has 4 aromatic rings. The number of fused-ring (bicyclic) bond motifs is 2. The topological polar surface area (TPSA) is 108 Å². The van der Waals surface area contributed by atoms with Crippen LogP contribution in [0, 0.1) is 18.8 Å². The summed E-state index contributed by atoms with van der Waals surface area (Å²) in [5, 5.41) is 8.28. The molecular formula is C20H20N8O2. The Bertz CT molecular complexity index is 1310. The molecule has 0 spiro atoms. The highest BCUT2D eigenvalue weighted by molar-refractivity contribution is 5.72. The maximum Gasteiger partial charge on any atom is 0.279 e. The lowest BCUT2D eigenvalue weighted by molar-refractivity contribution is 0.363. The second-order valence-corrected chi connectivity index (χ2v) is 8.18. The SMILES string of the molecule is Cc1ccnc(N2C[C@@H]3C(c4noc(Cn5cnc6cnn(C)c6c5=O)n4)[C@@H]3C2)c1. The third-order valence-electron chi connectivity index (χ3n) is 6.23. The lowest BCUT2D eigenvalue weighted by Gasteiger charge is -2.20. The Kier molecular flexibility index (Phi) is 3.59. The van der Waals surface area contributed by atoms with Gasteiger partial charge in [0.15, 0.2) is 11.3 Å². The van der Waals surface area contributed by atoms with Crippen molar-refractivity contribution in [2.75, 3.05) is 18.0 Å². The molecule has 2 aliphatic rings. The largest absolute Gasteiger partial charge is 0.356 e. The molecule has 0 amide bonds. The summed E-state index contributed by atoms with van der Waals surface area (Å²) in [6.45, 7) is 4.19. The normalized spacial score (nSPS) is 22.6. The van der Waals surface area contributed by atoms with E-state index in [-0.39, 0.29) is 12.1 Å². The monoisotopic (exact) mass is 404 g/mol. The van der Waals surface area contributed by atoms with Crippen molar-refractivity contribution in [3.8, 4) is 0 Å². The Labute approximate surface area is 171 Å². The third kappa shape index (κ3) is 2.63. The summed E-state index contributed by atoms with van der Waals surface area (Å²) in [6, 6.07) is 4.13. The van der Waals surface area contributed by atoms with E-state index in [1.165, 1.54) is 21.1 Å². The standard InChI is InChI=1S/C20H20N8O2/c1-11-3-4-21-15(5-11)27-7-12-13(8-27)17(12)19-24-16(30-25-19)9-28-10-22-14-6-23-26(2)18(14)20(28)29/h3-6,10,12-13,17H,7-9H2,1-2H3/t12-,13+,17?. The van der Waals surface area contributed by atoms with Gasteiger partial charge in [-0.15, -0.1) is 0 Å². The van der Waals surface area contributed by atoms with Crippen LogP contribution in [0.25, 0.3) is 11.0 Å². The minimum absolute atomic E-state index is 0.177. The van der Waals surface area contributed by atoms with Crippen LogP contribution in [-0.2, 0) is 13.6 Å². The van der Waals surface area contributed by atoms with Gasteiger partial charge in [0.05, 0.1) is 12.5 Å². The van der Waals surface area contributed by atoms with Crippen LogP contribution in [0.1, 0.15) is 23.2 Å². The molecule has 1 unspecified atom stereocenters. The van der Waals surface area contributed by atoms with Crippen molar-refractivity contribution in [2.45, 2.75) is 19.4 Å². The van der Waals surface area contributed by atoms with Crippen LogP contribution in [0.3, 0.4) is 0 Å². The highest BCUT2D eigenvalue weighted by Crippen LogP contribution is 2.57. The van der Waals surface area contributed by atoms with Crippen LogP contribution in [0.15, 0.2) is 40.2 Å². The third-order valence-corrected chi connectivity index (χ3v) is 6.23. The predicted octanol–water partition coefficient (Wildman–Crippen LogP) is 1.11. The van der Waals surface area contributed by atoms with Crippen LogP contribution in [0.4, 0.5) is 5.82 Å². The minimum Gasteiger partial charge on any atom is -0.356 e. The summed E-state index contributed by atoms with van der Waals surface area (Å²) in [5.41, 5.74) is 2.07. The van der Waals surface area contributed by atoms with Crippen molar-refractivity contribution in [3.05, 3.63) is 58.5 Å². The summed E-state index contributed by atoms with van der Waals surface area (Å²) in [4.78, 5) is 28.4. The Morgan fingerprint density at radius 1 is 1.23 bits per heavy atom. The highest BCUT2D eigenvalue weighted by Gasteiger charge is 2.58. The minimum atomic E-state index is -0.177. The molecule has 4 aromatic heterocycles. The van der Waals surface area contributed by atoms with Gasteiger partial charge in [-0.2, -0.15) is 10.1 Å². The van der Waals surface area contributed by atoms with Crippen molar-refractivity contribution < 1.29 is 4.52 Å². The molecule has 1 saturated heterocycles. The van der Waals surface area contributed by atoms with E-state index in [9.17, 15) is 4.79 Å². The Balaban J connectivity index is 1.17. The number of aromatic nitrogens is 7. The molecule has 3 atom stereocenters. The zero-order chi connectivity index (χ0) is 20.4. The quantitative estimate of drug-likeness (QED) is 0.498. The van der Waals surface area contributed by atoms with Crippen molar-refractivity contribution in [1.29, 1.82) is 0 Å². The van der Waals surface area contributed by atoms with Gasteiger partial charge in [0.2, 0.25) is 5.89 Å². The second kappa shape index (κ2) is 6.22. The van der Waals surface area contributed by atoms with Gasteiger partial charge in [-0.1, -0.05) is 5.16 Å². The first-order chi connectivity index (χ1) is 14.6. The van der Waals surface area contributed by atoms with E-state index < -0.39 is 0 Å². The maximum absolute atomic E-state index is 12.7. The molecule has 10 nitrogen and oxygen atoms in total. The summed E-state index contributed by atoms with van der Waals surface area (Å²) in [7, 11) is 1.72. The number of pyridine rings is 1. The Morgan fingerprint density at radius 2 is 2.07 bits per heavy atom. The van der Waals surface area contributed by atoms with Crippen molar-refractivity contribution in [1.82, 2.24) is 34.5 Å². The van der Waals surface area contributed by atoms with Crippen molar-refractivity contribution >= 4 is 16.9 Å². The van der Waals surface area contributed by atoms with Crippen LogP contribution < -0.4 is 10.5 Å². The molecule has 0 N–H and O–H groups in total. The molecule has 1 aliphatic heterocycles. The molecule has 5 heterocycles. The van der Waals surface area contributed by atoms with Crippen LogP contribution >= 0.6 is 0 Å². The molecular weight excluding hydrogens is 384 g/mol. The van der Waals surface area contributed by atoms with Crippen molar-refractivity contribution in [3.63, 3.8) is 0 Å². The van der Waals surface area contributed by atoms with E-state index >= 15 is 0 Å². The van der Waals surface area contributed by atoms with Crippen LogP contribution in [-0.4, -0.2) is 47.5 Å². The molecule has 152 valence electrons. The number of aryl methyl sites for hydroxylation is 2. The number of rotatable bonds is 4. The number of hydrogen-bond donors (Lipinski definition) is 0. The molecule has 2 fully saturated rings. The van der Waals surface area contributed by atoms with Gasteiger partial charge < -0.3 is 9.42 Å². The summed E-state index contributed by atoms with van der Waals surface area (Å²) >= 11 is 0. The van der Waals surface area contributed by atoms with E-state index in [0.717, 1.165) is 24.7 Å². The summed E-state index contributed by atoms with van der Waals surface area (Å²) in [6.07, 6.45) is 4.93. The fourth-order valence-electron chi connectivity index (χ4n) is 4.60. The fourth-order valence-corrected chi connectivity index (χ4v) is 4.60. The molecule has 0 bridgehead atoms. The molecule has 1 aliphatic carbocycles. The van der Waals surface area contributed by atoms with Gasteiger partial charge in [-0.25, -0.2) is 9.97 Å². The van der Waals surface area contributed by atoms with E-state index in [1.807, 2.05) is 12.3 Å². The van der Waals surface area contributed by atoms with Gasteiger partial charge in [0.25, 0.3) is 5.56 Å². The first-order valence-electron chi connectivity index (χ1n) is 9.96. The number of nitrogens with zero attached hydrogens (tertiary/aromatic N) is 8. The molecule has 6 rings (SSSR count). The first-order valence-corrected chi connectivity index (χ1v) is 9.96.